The highest BCUT2D eigenvalue weighted by molar-refractivity contribution is 5.99. The number of esters is 3. The molecule has 4 aliphatic rings. The molecule has 0 amide bonds. The van der Waals surface area contributed by atoms with Gasteiger partial charge >= 0.3 is 17.9 Å². The Morgan fingerprint density at radius 1 is 1.10 bits per heavy atom. The SMILES string of the molecule is COC(=O)C[C@H]1[C@]2(C)C3CC=C(c4ccoc4)[C@@]3(C)O[C@@H]2C(OC(C)=O)C2[C@](C)(C(=O)OC)C=CC(=O)[C@@]21C. The molecule has 0 aromatic carbocycles. The lowest BCUT2D eigenvalue weighted by Gasteiger charge is -2.62. The van der Waals surface area contributed by atoms with Crippen LogP contribution in [0.4, 0.5) is 0 Å². The van der Waals surface area contributed by atoms with Crippen LogP contribution >= 0.6 is 0 Å². The van der Waals surface area contributed by atoms with Gasteiger partial charge in [-0.2, -0.15) is 0 Å². The molecule has 1 aromatic heterocycles. The second-order valence-corrected chi connectivity index (χ2v) is 12.1. The molecule has 2 fully saturated rings. The third-order valence-electron chi connectivity index (χ3n) is 10.4. The second kappa shape index (κ2) is 8.91. The number of methoxy groups -OCH3 is 2. The van der Waals surface area contributed by atoms with Crippen molar-refractivity contribution in [2.45, 2.75) is 65.3 Å². The van der Waals surface area contributed by atoms with Gasteiger partial charge < -0.3 is 23.4 Å². The van der Waals surface area contributed by atoms with Gasteiger partial charge in [-0.05, 0) is 43.9 Å². The zero-order chi connectivity index (χ0) is 28.5. The number of furan rings is 1. The summed E-state index contributed by atoms with van der Waals surface area (Å²) in [6.07, 6.45) is 7.15. The molecule has 0 bridgehead atoms. The third-order valence-corrected chi connectivity index (χ3v) is 10.4. The molecule has 5 rings (SSSR count). The van der Waals surface area contributed by atoms with E-state index in [1.807, 2.05) is 19.9 Å². The largest absolute Gasteiger partial charge is 0.472 e. The Hall–Kier alpha value is -3.20. The molecule has 1 saturated carbocycles. The van der Waals surface area contributed by atoms with Crippen molar-refractivity contribution < 1.29 is 42.5 Å². The van der Waals surface area contributed by atoms with Crippen LogP contribution in [0.25, 0.3) is 5.57 Å². The molecule has 1 aliphatic heterocycles. The first kappa shape index (κ1) is 27.4. The maximum absolute atomic E-state index is 14.0. The van der Waals surface area contributed by atoms with E-state index in [1.54, 1.807) is 26.4 Å². The van der Waals surface area contributed by atoms with Gasteiger partial charge in [-0.25, -0.2) is 0 Å². The van der Waals surface area contributed by atoms with E-state index in [1.165, 1.54) is 33.3 Å². The van der Waals surface area contributed by atoms with Crippen molar-refractivity contribution in [1.29, 1.82) is 0 Å². The van der Waals surface area contributed by atoms with Crippen molar-refractivity contribution in [3.63, 3.8) is 0 Å². The summed E-state index contributed by atoms with van der Waals surface area (Å²) < 4.78 is 28.7. The predicted octanol–water partition coefficient (Wildman–Crippen LogP) is 3.91. The molecular weight excluding hydrogens is 504 g/mol. The lowest BCUT2D eigenvalue weighted by Crippen LogP contribution is -2.70. The van der Waals surface area contributed by atoms with Crippen LogP contribution in [0.15, 0.2) is 41.2 Å². The molecular formula is C30H36O9. The summed E-state index contributed by atoms with van der Waals surface area (Å²) in [4.78, 5) is 53.0. The van der Waals surface area contributed by atoms with Gasteiger partial charge in [0, 0.05) is 41.6 Å². The van der Waals surface area contributed by atoms with Gasteiger partial charge in [0.25, 0.3) is 0 Å². The van der Waals surface area contributed by atoms with Crippen LogP contribution in [0.1, 0.15) is 53.0 Å². The zero-order valence-electron chi connectivity index (χ0n) is 23.4. The zero-order valence-corrected chi connectivity index (χ0v) is 23.4. The van der Waals surface area contributed by atoms with E-state index in [0.29, 0.717) is 6.42 Å². The standard InChI is InChI=1S/C30H36O9/c1-16(31)38-23-24-27(2,26(34)36-7)12-10-21(32)29(24,4)20(14-22(33)35-6)28(3)19-9-8-18(17-11-13-37-15-17)30(19,5)39-25(23)28/h8,10-13,15,19-20,23-25H,9,14H2,1-7H3/t19?,20-,23?,24?,25+,27+,28-,29-,30+/m0/s1. The number of hydrogen-bond acceptors (Lipinski definition) is 9. The predicted molar refractivity (Wildman–Crippen MR) is 138 cm³/mol. The summed E-state index contributed by atoms with van der Waals surface area (Å²) in [5.74, 6) is -3.48. The number of allylic oxidation sites excluding steroid dienone is 2. The molecule has 3 aliphatic carbocycles. The number of ketones is 1. The Labute approximate surface area is 227 Å². The highest BCUT2D eigenvalue weighted by Crippen LogP contribution is 2.72. The molecule has 210 valence electrons. The van der Waals surface area contributed by atoms with E-state index in [0.717, 1.165) is 11.1 Å². The molecule has 2 heterocycles. The van der Waals surface area contributed by atoms with E-state index in [4.69, 9.17) is 23.4 Å². The van der Waals surface area contributed by atoms with E-state index in [2.05, 4.69) is 6.08 Å². The van der Waals surface area contributed by atoms with Crippen LogP contribution in [0.2, 0.25) is 0 Å². The number of carbonyl (C=O) groups is 4. The normalized spacial score (nSPS) is 42.2. The first-order chi connectivity index (χ1) is 18.3. The van der Waals surface area contributed by atoms with Gasteiger partial charge in [0.05, 0.1) is 37.8 Å². The number of carbonyl (C=O) groups excluding carboxylic acids is 4. The quantitative estimate of drug-likeness (QED) is 0.404. The van der Waals surface area contributed by atoms with Crippen LogP contribution < -0.4 is 0 Å². The third kappa shape index (κ3) is 3.47. The van der Waals surface area contributed by atoms with Gasteiger partial charge in [-0.1, -0.05) is 26.0 Å². The lowest BCUT2D eigenvalue weighted by atomic mass is 9.40. The van der Waals surface area contributed by atoms with Crippen LogP contribution in [-0.4, -0.2) is 55.7 Å². The van der Waals surface area contributed by atoms with Crippen molar-refractivity contribution >= 4 is 29.3 Å². The van der Waals surface area contributed by atoms with Crippen molar-refractivity contribution in [2.24, 2.45) is 34.0 Å². The average Bonchev–Trinajstić information content (AvgIpc) is 3.58. The van der Waals surface area contributed by atoms with Crippen LogP contribution in [0, 0.1) is 34.0 Å². The van der Waals surface area contributed by atoms with Gasteiger partial charge in [0.15, 0.2) is 5.78 Å². The molecule has 0 radical (unpaired) electrons. The molecule has 39 heavy (non-hydrogen) atoms. The smallest absolute Gasteiger partial charge is 0.315 e. The molecule has 1 aromatic rings. The first-order valence-electron chi connectivity index (χ1n) is 13.3. The number of hydrogen-bond donors (Lipinski definition) is 0. The fourth-order valence-corrected chi connectivity index (χ4v) is 8.74. The Morgan fingerprint density at radius 2 is 1.82 bits per heavy atom. The summed E-state index contributed by atoms with van der Waals surface area (Å²) in [6.45, 7) is 8.79. The minimum atomic E-state index is -1.33. The van der Waals surface area contributed by atoms with E-state index >= 15 is 0 Å². The molecule has 1 saturated heterocycles. The average molecular weight is 541 g/mol. The van der Waals surface area contributed by atoms with E-state index in [9.17, 15) is 19.2 Å². The van der Waals surface area contributed by atoms with Crippen molar-refractivity contribution in [3.8, 4) is 0 Å². The summed E-state index contributed by atoms with van der Waals surface area (Å²) in [5, 5.41) is 0. The highest BCUT2D eigenvalue weighted by atomic mass is 16.6. The second-order valence-electron chi connectivity index (χ2n) is 12.1. The van der Waals surface area contributed by atoms with Gasteiger partial charge in [0.1, 0.15) is 12.2 Å². The fraction of sp³-hybridized carbons (Fsp3) is 0.600. The molecule has 0 N–H and O–H groups in total. The highest BCUT2D eigenvalue weighted by Gasteiger charge is 2.78. The monoisotopic (exact) mass is 540 g/mol. The van der Waals surface area contributed by atoms with Crippen molar-refractivity contribution in [2.75, 3.05) is 14.2 Å². The summed E-state index contributed by atoms with van der Waals surface area (Å²) >= 11 is 0. The van der Waals surface area contributed by atoms with Crippen LogP contribution in [0.3, 0.4) is 0 Å². The Balaban J connectivity index is 1.77. The maximum Gasteiger partial charge on any atom is 0.315 e. The molecule has 3 unspecified atom stereocenters. The topological polar surface area (TPSA) is 118 Å². The number of fused-ring (bicyclic) bond motifs is 4. The van der Waals surface area contributed by atoms with Gasteiger partial charge in [-0.3, -0.25) is 19.2 Å². The fourth-order valence-electron chi connectivity index (χ4n) is 8.74. The number of rotatable bonds is 5. The van der Waals surface area contributed by atoms with Gasteiger partial charge in [0.2, 0.25) is 0 Å². The Bertz CT molecular complexity index is 1280. The van der Waals surface area contributed by atoms with E-state index in [-0.39, 0.29) is 18.1 Å². The van der Waals surface area contributed by atoms with Crippen LogP contribution in [-0.2, 0) is 38.1 Å². The molecule has 9 atom stereocenters. The first-order valence-corrected chi connectivity index (χ1v) is 13.3. The van der Waals surface area contributed by atoms with Gasteiger partial charge in [-0.15, -0.1) is 0 Å². The Morgan fingerprint density at radius 3 is 2.41 bits per heavy atom. The minimum absolute atomic E-state index is 0.0723. The molecule has 0 spiro atoms. The summed E-state index contributed by atoms with van der Waals surface area (Å²) in [6, 6.07) is 1.87. The van der Waals surface area contributed by atoms with Crippen LogP contribution in [0.5, 0.6) is 0 Å². The summed E-state index contributed by atoms with van der Waals surface area (Å²) in [7, 11) is 2.60. The summed E-state index contributed by atoms with van der Waals surface area (Å²) in [5.41, 5.74) is -2.48. The van der Waals surface area contributed by atoms with Crippen molar-refractivity contribution in [3.05, 3.63) is 42.4 Å². The van der Waals surface area contributed by atoms with E-state index < -0.39 is 63.8 Å². The molecule has 9 nitrogen and oxygen atoms in total. The minimum Gasteiger partial charge on any atom is -0.472 e. The maximum atomic E-state index is 14.0. The lowest BCUT2D eigenvalue weighted by molar-refractivity contribution is -0.231. The Kier molecular flexibility index (Phi) is 6.25. The molecule has 9 heteroatoms. The number of ether oxygens (including phenoxy) is 4. The van der Waals surface area contributed by atoms with Crippen molar-refractivity contribution in [1.82, 2.24) is 0 Å².